The first-order valence-electron chi connectivity index (χ1n) is 4.32. The first-order valence-corrected chi connectivity index (χ1v) is 4.32. The van der Waals surface area contributed by atoms with Crippen LogP contribution in [0.25, 0.3) is 0 Å². The van der Waals surface area contributed by atoms with Crippen LogP contribution in [-0.2, 0) is 9.53 Å². The highest BCUT2D eigenvalue weighted by Crippen LogP contribution is 2.03. The van der Waals surface area contributed by atoms with E-state index < -0.39 is 0 Å². The Kier molecular flexibility index (Phi) is 3.49. The zero-order chi connectivity index (χ0) is 8.97. The number of amides is 1. The molecule has 1 rings (SSSR count). The van der Waals surface area contributed by atoms with E-state index in [9.17, 15) is 4.79 Å². The summed E-state index contributed by atoms with van der Waals surface area (Å²) in [6.07, 6.45) is 0.515. The van der Waals surface area contributed by atoms with E-state index in [1.165, 1.54) is 0 Å². The van der Waals surface area contributed by atoms with Gasteiger partial charge < -0.3 is 4.74 Å². The Hall–Kier alpha value is -0.610. The van der Waals surface area contributed by atoms with Gasteiger partial charge in [-0.15, -0.1) is 0 Å². The summed E-state index contributed by atoms with van der Waals surface area (Å²) in [5.41, 5.74) is 5.31. The van der Waals surface area contributed by atoms with Gasteiger partial charge in [-0.05, 0) is 5.92 Å². The second-order valence-electron chi connectivity index (χ2n) is 3.48. The fourth-order valence-electron chi connectivity index (χ4n) is 1.04. The number of hydrazine groups is 1. The highest BCUT2D eigenvalue weighted by molar-refractivity contribution is 5.76. The number of carbonyl (C=O) groups is 1. The fraction of sp³-hybridized carbons (Fsp3) is 0.875. The summed E-state index contributed by atoms with van der Waals surface area (Å²) in [4.78, 5) is 10.9. The zero-order valence-corrected chi connectivity index (χ0v) is 7.59. The summed E-state index contributed by atoms with van der Waals surface area (Å²) in [7, 11) is 0. The second-order valence-corrected chi connectivity index (χ2v) is 3.48. The van der Waals surface area contributed by atoms with E-state index in [-0.39, 0.29) is 12.0 Å². The van der Waals surface area contributed by atoms with Crippen molar-refractivity contribution in [1.82, 2.24) is 10.9 Å². The van der Waals surface area contributed by atoms with Crippen molar-refractivity contribution in [3.63, 3.8) is 0 Å². The van der Waals surface area contributed by atoms with Gasteiger partial charge in [-0.2, -0.15) is 0 Å². The SMILES string of the molecule is CC(C)COC1CNNC(=O)C1. The molecule has 1 atom stereocenters. The lowest BCUT2D eigenvalue weighted by atomic mass is 10.2. The molecule has 0 saturated carbocycles. The van der Waals surface area contributed by atoms with Gasteiger partial charge in [0.1, 0.15) is 0 Å². The van der Waals surface area contributed by atoms with Crippen LogP contribution in [0.1, 0.15) is 20.3 Å². The average Bonchev–Trinajstić information content (AvgIpc) is 2.01. The quantitative estimate of drug-likeness (QED) is 0.632. The number of hydrogen-bond acceptors (Lipinski definition) is 3. The van der Waals surface area contributed by atoms with Gasteiger partial charge >= 0.3 is 0 Å². The summed E-state index contributed by atoms with van der Waals surface area (Å²) in [5.74, 6) is 0.532. The molecule has 2 N–H and O–H groups in total. The van der Waals surface area contributed by atoms with Crippen LogP contribution in [0.2, 0.25) is 0 Å². The maximum absolute atomic E-state index is 10.9. The Bertz CT molecular complexity index is 159. The lowest BCUT2D eigenvalue weighted by molar-refractivity contribution is -0.128. The van der Waals surface area contributed by atoms with Gasteiger partial charge in [-0.25, -0.2) is 5.43 Å². The Morgan fingerprint density at radius 3 is 3.00 bits per heavy atom. The third-order valence-electron chi connectivity index (χ3n) is 1.64. The van der Waals surface area contributed by atoms with Crippen molar-refractivity contribution in [3.05, 3.63) is 0 Å². The van der Waals surface area contributed by atoms with Crippen LogP contribution in [0.15, 0.2) is 0 Å². The zero-order valence-electron chi connectivity index (χ0n) is 7.59. The lowest BCUT2D eigenvalue weighted by Crippen LogP contribution is -2.50. The molecular formula is C8H16N2O2. The largest absolute Gasteiger partial charge is 0.376 e. The highest BCUT2D eigenvalue weighted by atomic mass is 16.5. The molecule has 1 aliphatic rings. The topological polar surface area (TPSA) is 50.4 Å². The summed E-state index contributed by atoms with van der Waals surface area (Å²) >= 11 is 0. The Morgan fingerprint density at radius 2 is 2.42 bits per heavy atom. The molecule has 0 bridgehead atoms. The summed E-state index contributed by atoms with van der Waals surface area (Å²) in [5, 5.41) is 0. The fourth-order valence-corrected chi connectivity index (χ4v) is 1.04. The monoisotopic (exact) mass is 172 g/mol. The smallest absolute Gasteiger partial charge is 0.236 e. The molecule has 0 spiro atoms. The molecular weight excluding hydrogens is 156 g/mol. The van der Waals surface area contributed by atoms with Crippen molar-refractivity contribution < 1.29 is 9.53 Å². The van der Waals surface area contributed by atoms with Gasteiger partial charge in [-0.3, -0.25) is 10.2 Å². The van der Waals surface area contributed by atoms with E-state index >= 15 is 0 Å². The van der Waals surface area contributed by atoms with Gasteiger partial charge in [0.25, 0.3) is 0 Å². The molecule has 1 unspecified atom stereocenters. The van der Waals surface area contributed by atoms with Crippen LogP contribution in [0.4, 0.5) is 0 Å². The van der Waals surface area contributed by atoms with Crippen molar-refractivity contribution >= 4 is 5.91 Å². The standard InChI is InChI=1S/C8H16N2O2/c1-6(2)5-12-7-3-8(11)10-9-4-7/h6-7,9H,3-5H2,1-2H3,(H,10,11). The van der Waals surface area contributed by atoms with Gasteiger partial charge in [0.15, 0.2) is 0 Å². The van der Waals surface area contributed by atoms with E-state index in [1.54, 1.807) is 0 Å². The Morgan fingerprint density at radius 1 is 1.67 bits per heavy atom. The predicted octanol–water partition coefficient (Wildman–Crippen LogP) is 0.0521. The summed E-state index contributed by atoms with van der Waals surface area (Å²) < 4.78 is 5.49. The first kappa shape index (κ1) is 9.48. The highest BCUT2D eigenvalue weighted by Gasteiger charge is 2.18. The molecule has 1 amide bonds. The van der Waals surface area contributed by atoms with Crippen molar-refractivity contribution in [2.75, 3.05) is 13.2 Å². The lowest BCUT2D eigenvalue weighted by Gasteiger charge is -2.23. The maximum atomic E-state index is 10.9. The van der Waals surface area contributed by atoms with Crippen LogP contribution in [0.3, 0.4) is 0 Å². The molecule has 4 heteroatoms. The first-order chi connectivity index (χ1) is 5.68. The van der Waals surface area contributed by atoms with Gasteiger partial charge in [-0.1, -0.05) is 13.8 Å². The molecule has 1 fully saturated rings. The van der Waals surface area contributed by atoms with E-state index in [0.29, 0.717) is 18.9 Å². The van der Waals surface area contributed by atoms with E-state index in [1.807, 2.05) is 0 Å². The predicted molar refractivity (Wildman–Crippen MR) is 45.3 cm³/mol. The van der Waals surface area contributed by atoms with Crippen LogP contribution in [0.5, 0.6) is 0 Å². The summed E-state index contributed by atoms with van der Waals surface area (Å²) in [6.45, 7) is 5.62. The minimum absolute atomic E-state index is 0.00926. The minimum Gasteiger partial charge on any atom is -0.376 e. The van der Waals surface area contributed by atoms with E-state index in [4.69, 9.17) is 4.74 Å². The van der Waals surface area contributed by atoms with Crippen molar-refractivity contribution in [3.8, 4) is 0 Å². The molecule has 0 aromatic heterocycles. The molecule has 0 aliphatic carbocycles. The number of nitrogens with one attached hydrogen (secondary N) is 2. The number of ether oxygens (including phenoxy) is 1. The Balaban J connectivity index is 2.18. The molecule has 0 aromatic carbocycles. The third kappa shape index (κ3) is 3.19. The molecule has 70 valence electrons. The van der Waals surface area contributed by atoms with Crippen molar-refractivity contribution in [2.45, 2.75) is 26.4 Å². The van der Waals surface area contributed by atoms with Crippen molar-refractivity contribution in [1.29, 1.82) is 0 Å². The second kappa shape index (κ2) is 4.42. The molecule has 0 radical (unpaired) electrons. The molecule has 0 aromatic rings. The van der Waals surface area contributed by atoms with Crippen molar-refractivity contribution in [2.24, 2.45) is 5.92 Å². The summed E-state index contributed by atoms with van der Waals surface area (Å²) in [6, 6.07) is 0. The van der Waals surface area contributed by atoms with Gasteiger partial charge in [0, 0.05) is 13.2 Å². The number of rotatable bonds is 3. The third-order valence-corrected chi connectivity index (χ3v) is 1.64. The van der Waals surface area contributed by atoms with Gasteiger partial charge in [0.05, 0.1) is 12.5 Å². The Labute approximate surface area is 72.6 Å². The normalized spacial score (nSPS) is 24.2. The average molecular weight is 172 g/mol. The maximum Gasteiger partial charge on any atom is 0.236 e. The molecule has 1 heterocycles. The van der Waals surface area contributed by atoms with Crippen LogP contribution in [-0.4, -0.2) is 25.2 Å². The molecule has 4 nitrogen and oxygen atoms in total. The van der Waals surface area contributed by atoms with E-state index in [2.05, 4.69) is 24.7 Å². The number of hydrogen-bond donors (Lipinski definition) is 2. The van der Waals surface area contributed by atoms with Crippen LogP contribution < -0.4 is 10.9 Å². The van der Waals surface area contributed by atoms with E-state index in [0.717, 1.165) is 6.61 Å². The van der Waals surface area contributed by atoms with Crippen LogP contribution >= 0.6 is 0 Å². The molecule has 1 saturated heterocycles. The molecule has 12 heavy (non-hydrogen) atoms. The van der Waals surface area contributed by atoms with Crippen LogP contribution in [0, 0.1) is 5.92 Å². The number of carbonyl (C=O) groups excluding carboxylic acids is 1. The minimum atomic E-state index is 0.00926. The van der Waals surface area contributed by atoms with Gasteiger partial charge in [0.2, 0.25) is 5.91 Å². The molecule has 1 aliphatic heterocycles.